The van der Waals surface area contributed by atoms with Gasteiger partial charge in [-0.25, -0.2) is 9.78 Å². The highest BCUT2D eigenvalue weighted by Gasteiger charge is 2.11. The molecule has 0 spiro atoms. The first-order valence-electron chi connectivity index (χ1n) is 6.82. The number of hydrogen-bond donors (Lipinski definition) is 1. The van der Waals surface area contributed by atoms with Crippen molar-refractivity contribution in [2.75, 3.05) is 5.32 Å². The van der Waals surface area contributed by atoms with Crippen molar-refractivity contribution in [1.82, 2.24) is 14.1 Å². The van der Waals surface area contributed by atoms with Crippen molar-refractivity contribution in [2.24, 2.45) is 14.1 Å². The van der Waals surface area contributed by atoms with Gasteiger partial charge in [-0.05, 0) is 24.6 Å². The minimum Gasteiger partial charge on any atom is -0.302 e. The van der Waals surface area contributed by atoms with Crippen molar-refractivity contribution >= 4 is 33.4 Å². The van der Waals surface area contributed by atoms with Crippen LogP contribution in [-0.2, 0) is 25.3 Å². The van der Waals surface area contributed by atoms with Crippen LogP contribution < -0.4 is 11.0 Å². The van der Waals surface area contributed by atoms with Crippen molar-refractivity contribution in [3.8, 4) is 0 Å². The van der Waals surface area contributed by atoms with Gasteiger partial charge in [-0.3, -0.25) is 13.9 Å². The van der Waals surface area contributed by atoms with E-state index in [1.54, 1.807) is 23.2 Å². The Morgan fingerprint density at radius 2 is 2.00 bits per heavy atom. The number of aromatic nitrogens is 3. The lowest BCUT2D eigenvalue weighted by atomic mass is 10.1. The number of imidazole rings is 1. The number of nitrogens with zero attached hydrogens (tertiary/aromatic N) is 3. The first-order chi connectivity index (χ1) is 10.5. The molecular formula is C15H16N4O2S. The summed E-state index contributed by atoms with van der Waals surface area (Å²) < 4.78 is 3.18. The molecule has 0 aliphatic carbocycles. The minimum atomic E-state index is -0.116. The van der Waals surface area contributed by atoms with Gasteiger partial charge in [0.25, 0.3) is 0 Å². The molecule has 0 aliphatic heterocycles. The normalized spacial score (nSPS) is 11.0. The van der Waals surface area contributed by atoms with Crippen LogP contribution in [0.2, 0.25) is 0 Å². The monoisotopic (exact) mass is 316 g/mol. The summed E-state index contributed by atoms with van der Waals surface area (Å²) in [5.41, 5.74) is 3.35. The molecule has 0 aliphatic rings. The lowest BCUT2D eigenvalue weighted by molar-refractivity contribution is -0.115. The molecule has 7 heteroatoms. The average molecular weight is 316 g/mol. The number of carbonyl (C=O) groups is 1. The number of amides is 1. The van der Waals surface area contributed by atoms with Gasteiger partial charge in [-0.1, -0.05) is 6.07 Å². The van der Waals surface area contributed by atoms with E-state index < -0.39 is 0 Å². The summed E-state index contributed by atoms with van der Waals surface area (Å²) in [4.78, 5) is 28.2. The third-order valence-electron chi connectivity index (χ3n) is 3.57. The van der Waals surface area contributed by atoms with Crippen LogP contribution in [0.15, 0.2) is 28.4 Å². The lowest BCUT2D eigenvalue weighted by Crippen LogP contribution is -2.19. The van der Waals surface area contributed by atoms with E-state index in [9.17, 15) is 9.59 Å². The van der Waals surface area contributed by atoms with Crippen LogP contribution in [0.25, 0.3) is 11.0 Å². The molecule has 0 atom stereocenters. The molecule has 22 heavy (non-hydrogen) atoms. The van der Waals surface area contributed by atoms with E-state index in [1.165, 1.54) is 11.3 Å². The molecular weight excluding hydrogens is 300 g/mol. The number of anilines is 1. The molecule has 2 aromatic heterocycles. The zero-order valence-electron chi connectivity index (χ0n) is 12.6. The fraction of sp³-hybridized carbons (Fsp3) is 0.267. The topological polar surface area (TPSA) is 68.9 Å². The minimum absolute atomic E-state index is 0.0742. The Morgan fingerprint density at radius 1 is 1.27 bits per heavy atom. The molecule has 0 saturated carbocycles. The smallest absolute Gasteiger partial charge is 0.302 e. The van der Waals surface area contributed by atoms with Gasteiger partial charge in [0.2, 0.25) is 5.91 Å². The third-order valence-corrected chi connectivity index (χ3v) is 4.44. The van der Waals surface area contributed by atoms with Crippen molar-refractivity contribution in [3.05, 3.63) is 45.3 Å². The maximum absolute atomic E-state index is 12.1. The second-order valence-corrected chi connectivity index (χ2v) is 6.10. The van der Waals surface area contributed by atoms with Crippen LogP contribution >= 0.6 is 11.3 Å². The van der Waals surface area contributed by atoms with Crippen LogP contribution in [0, 0.1) is 6.92 Å². The van der Waals surface area contributed by atoms with Crippen molar-refractivity contribution in [1.29, 1.82) is 0 Å². The number of rotatable bonds is 3. The predicted octanol–water partition coefficient (Wildman–Crippen LogP) is 1.82. The molecule has 114 valence electrons. The van der Waals surface area contributed by atoms with Gasteiger partial charge >= 0.3 is 5.69 Å². The summed E-state index contributed by atoms with van der Waals surface area (Å²) in [7, 11) is 3.47. The van der Waals surface area contributed by atoms with Gasteiger partial charge in [0.1, 0.15) is 0 Å². The third kappa shape index (κ3) is 2.55. The summed E-state index contributed by atoms with van der Waals surface area (Å²) in [6.07, 6.45) is 0.248. The van der Waals surface area contributed by atoms with E-state index in [2.05, 4.69) is 10.3 Å². The number of carbonyl (C=O) groups excluding carboxylic acids is 1. The number of benzene rings is 1. The Bertz CT molecular complexity index is 919. The molecule has 0 bridgehead atoms. The second-order valence-electron chi connectivity index (χ2n) is 5.24. The van der Waals surface area contributed by atoms with Gasteiger partial charge in [-0.2, -0.15) is 0 Å². The Labute approximate surface area is 131 Å². The summed E-state index contributed by atoms with van der Waals surface area (Å²) in [5, 5.41) is 5.28. The lowest BCUT2D eigenvalue weighted by Gasteiger charge is -2.03. The Morgan fingerprint density at radius 3 is 2.68 bits per heavy atom. The molecule has 1 aromatic carbocycles. The maximum atomic E-state index is 12.1. The predicted molar refractivity (Wildman–Crippen MR) is 87.3 cm³/mol. The molecule has 3 rings (SSSR count). The molecule has 0 unspecified atom stereocenters. The molecule has 0 saturated heterocycles. The molecule has 1 amide bonds. The number of hydrogen-bond acceptors (Lipinski definition) is 4. The van der Waals surface area contributed by atoms with Crippen LogP contribution in [0.5, 0.6) is 0 Å². The maximum Gasteiger partial charge on any atom is 0.328 e. The van der Waals surface area contributed by atoms with E-state index in [-0.39, 0.29) is 18.0 Å². The zero-order chi connectivity index (χ0) is 15.9. The first kappa shape index (κ1) is 14.5. The fourth-order valence-electron chi connectivity index (χ4n) is 2.42. The molecule has 0 radical (unpaired) electrons. The molecule has 2 heterocycles. The van der Waals surface area contributed by atoms with E-state index in [0.717, 1.165) is 22.3 Å². The number of fused-ring (bicyclic) bond motifs is 1. The van der Waals surface area contributed by atoms with Crippen molar-refractivity contribution < 1.29 is 4.79 Å². The van der Waals surface area contributed by atoms with Gasteiger partial charge in [0, 0.05) is 19.5 Å². The highest BCUT2D eigenvalue weighted by Crippen LogP contribution is 2.17. The molecule has 0 fully saturated rings. The average Bonchev–Trinajstić information content (AvgIpc) is 2.97. The SMILES string of the molecule is Cc1csc(NC(=O)Cc2ccc3c(c2)n(C)c(=O)n3C)n1. The number of nitrogens with one attached hydrogen (secondary N) is 1. The molecule has 1 N–H and O–H groups in total. The molecule has 6 nitrogen and oxygen atoms in total. The summed E-state index contributed by atoms with van der Waals surface area (Å²) in [6.45, 7) is 1.88. The fourth-order valence-corrected chi connectivity index (χ4v) is 3.13. The van der Waals surface area contributed by atoms with E-state index in [4.69, 9.17) is 0 Å². The Kier molecular flexibility index (Phi) is 3.58. The number of thiazole rings is 1. The van der Waals surface area contributed by atoms with Crippen LogP contribution in [-0.4, -0.2) is 20.0 Å². The Hall–Kier alpha value is -2.41. The van der Waals surface area contributed by atoms with Gasteiger partial charge in [0.15, 0.2) is 5.13 Å². The second kappa shape index (κ2) is 5.42. The standard InChI is InChI=1S/C15H16N4O2S/c1-9-8-22-14(16-9)17-13(20)7-10-4-5-11-12(6-10)19(3)15(21)18(11)2/h4-6,8H,7H2,1-3H3,(H,16,17,20). The van der Waals surface area contributed by atoms with Crippen LogP contribution in [0.4, 0.5) is 5.13 Å². The van der Waals surface area contributed by atoms with Crippen LogP contribution in [0.3, 0.4) is 0 Å². The summed E-state index contributed by atoms with van der Waals surface area (Å²) in [5.74, 6) is -0.116. The zero-order valence-corrected chi connectivity index (χ0v) is 13.4. The van der Waals surface area contributed by atoms with Crippen molar-refractivity contribution in [3.63, 3.8) is 0 Å². The van der Waals surface area contributed by atoms with E-state index >= 15 is 0 Å². The summed E-state index contributed by atoms with van der Waals surface area (Å²) >= 11 is 1.41. The van der Waals surface area contributed by atoms with Crippen molar-refractivity contribution in [2.45, 2.75) is 13.3 Å². The largest absolute Gasteiger partial charge is 0.328 e. The van der Waals surface area contributed by atoms with E-state index in [0.29, 0.717) is 5.13 Å². The van der Waals surface area contributed by atoms with Crippen LogP contribution in [0.1, 0.15) is 11.3 Å². The first-order valence-corrected chi connectivity index (χ1v) is 7.70. The Balaban J connectivity index is 1.83. The number of aryl methyl sites for hydroxylation is 3. The highest BCUT2D eigenvalue weighted by molar-refractivity contribution is 7.13. The molecule has 3 aromatic rings. The van der Waals surface area contributed by atoms with E-state index in [1.807, 2.05) is 30.5 Å². The van der Waals surface area contributed by atoms with Gasteiger partial charge in [0.05, 0.1) is 23.1 Å². The highest BCUT2D eigenvalue weighted by atomic mass is 32.1. The van der Waals surface area contributed by atoms with Gasteiger partial charge in [-0.15, -0.1) is 11.3 Å². The van der Waals surface area contributed by atoms with Gasteiger partial charge < -0.3 is 5.32 Å². The summed E-state index contributed by atoms with van der Waals surface area (Å²) in [6, 6.07) is 5.62. The quantitative estimate of drug-likeness (QED) is 0.801.